The molecule has 1 rings (SSSR count). The Bertz CT molecular complexity index is 209. The van der Waals surface area contributed by atoms with E-state index in [0.29, 0.717) is 5.41 Å². The Balaban J connectivity index is 2.24. The molecule has 17 heavy (non-hydrogen) atoms. The van der Waals surface area contributed by atoms with Gasteiger partial charge in [-0.15, -0.1) is 0 Å². The highest BCUT2D eigenvalue weighted by Crippen LogP contribution is 2.38. The molecule has 0 heterocycles. The summed E-state index contributed by atoms with van der Waals surface area (Å²) in [7, 11) is 0. The van der Waals surface area contributed by atoms with Crippen LogP contribution >= 0.6 is 0 Å². The van der Waals surface area contributed by atoms with Gasteiger partial charge in [-0.2, -0.15) is 0 Å². The Hall–Kier alpha value is -0.0800. The summed E-state index contributed by atoms with van der Waals surface area (Å²) in [5, 5.41) is 3.77. The van der Waals surface area contributed by atoms with E-state index < -0.39 is 0 Å². The molecule has 0 aromatic rings. The number of hydrogen-bond acceptors (Lipinski definition) is 2. The molecule has 2 atom stereocenters. The average molecular weight is 240 g/mol. The van der Waals surface area contributed by atoms with Crippen LogP contribution in [-0.4, -0.2) is 37.1 Å². The van der Waals surface area contributed by atoms with Crippen LogP contribution in [0.3, 0.4) is 0 Å². The quantitative estimate of drug-likeness (QED) is 0.767. The maximum absolute atomic E-state index is 3.77. The van der Waals surface area contributed by atoms with Gasteiger partial charge in [-0.25, -0.2) is 0 Å². The molecular weight excluding hydrogens is 208 g/mol. The van der Waals surface area contributed by atoms with Crippen LogP contribution in [0.15, 0.2) is 0 Å². The third-order valence-electron chi connectivity index (χ3n) is 4.42. The molecule has 0 aromatic carbocycles. The lowest BCUT2D eigenvalue weighted by Crippen LogP contribution is -2.44. The minimum Gasteiger partial charge on any atom is -0.312 e. The lowest BCUT2D eigenvalue weighted by molar-refractivity contribution is 0.146. The van der Waals surface area contributed by atoms with Gasteiger partial charge in [0.15, 0.2) is 0 Å². The van der Waals surface area contributed by atoms with Crippen LogP contribution in [0.2, 0.25) is 0 Å². The van der Waals surface area contributed by atoms with Gasteiger partial charge in [0, 0.05) is 19.1 Å². The summed E-state index contributed by atoms with van der Waals surface area (Å²) in [5.41, 5.74) is 0.566. The molecule has 1 aliphatic rings. The van der Waals surface area contributed by atoms with Crippen LogP contribution in [0, 0.1) is 11.3 Å². The SMILES string of the molecule is CCN(CC)CCNC1CCC(C)(C)CC1C. The van der Waals surface area contributed by atoms with E-state index in [2.05, 4.69) is 44.8 Å². The van der Waals surface area contributed by atoms with Crippen molar-refractivity contribution in [1.82, 2.24) is 10.2 Å². The molecule has 2 nitrogen and oxygen atoms in total. The van der Waals surface area contributed by atoms with Gasteiger partial charge in [-0.05, 0) is 43.7 Å². The van der Waals surface area contributed by atoms with E-state index in [1.54, 1.807) is 0 Å². The van der Waals surface area contributed by atoms with Crippen molar-refractivity contribution < 1.29 is 0 Å². The summed E-state index contributed by atoms with van der Waals surface area (Å²) in [5.74, 6) is 0.829. The molecule has 0 bridgehead atoms. The fraction of sp³-hybridized carbons (Fsp3) is 1.00. The molecule has 2 unspecified atom stereocenters. The van der Waals surface area contributed by atoms with E-state index >= 15 is 0 Å². The Morgan fingerprint density at radius 1 is 1.24 bits per heavy atom. The Labute approximate surface area is 108 Å². The summed E-state index contributed by atoms with van der Waals surface area (Å²) in [6.07, 6.45) is 4.10. The number of hydrogen-bond donors (Lipinski definition) is 1. The molecule has 0 spiro atoms. The first kappa shape index (κ1) is 15.0. The Morgan fingerprint density at radius 3 is 2.41 bits per heavy atom. The average Bonchev–Trinajstić information content (AvgIpc) is 2.26. The van der Waals surface area contributed by atoms with Crippen LogP contribution in [0.5, 0.6) is 0 Å². The zero-order valence-electron chi connectivity index (χ0n) is 12.6. The number of nitrogens with zero attached hydrogens (tertiary/aromatic N) is 1. The second kappa shape index (κ2) is 6.75. The zero-order valence-corrected chi connectivity index (χ0v) is 12.6. The van der Waals surface area contributed by atoms with Gasteiger partial charge < -0.3 is 10.2 Å². The van der Waals surface area contributed by atoms with Gasteiger partial charge in [0.05, 0.1) is 0 Å². The number of likely N-dealkylation sites (N-methyl/N-ethyl adjacent to an activating group) is 1. The normalized spacial score (nSPS) is 28.6. The molecule has 0 amide bonds. The predicted octanol–water partition coefficient (Wildman–Crippen LogP) is 3.13. The third kappa shape index (κ3) is 4.97. The van der Waals surface area contributed by atoms with Crippen LogP contribution in [0.1, 0.15) is 53.9 Å². The first-order chi connectivity index (χ1) is 7.98. The first-order valence-corrected chi connectivity index (χ1v) is 7.44. The maximum Gasteiger partial charge on any atom is 0.0107 e. The molecule has 2 heteroatoms. The van der Waals surface area contributed by atoms with Crippen LogP contribution in [-0.2, 0) is 0 Å². The Kier molecular flexibility index (Phi) is 5.94. The van der Waals surface area contributed by atoms with E-state index in [4.69, 9.17) is 0 Å². The number of nitrogens with one attached hydrogen (secondary N) is 1. The summed E-state index contributed by atoms with van der Waals surface area (Å²) in [4.78, 5) is 2.49. The number of rotatable bonds is 6. The molecule has 102 valence electrons. The fourth-order valence-electron chi connectivity index (χ4n) is 3.20. The van der Waals surface area contributed by atoms with Gasteiger partial charge in [-0.1, -0.05) is 34.6 Å². The van der Waals surface area contributed by atoms with Crippen LogP contribution in [0.25, 0.3) is 0 Å². The summed E-state index contributed by atoms with van der Waals surface area (Å²) in [6.45, 7) is 16.4. The van der Waals surface area contributed by atoms with E-state index in [9.17, 15) is 0 Å². The topological polar surface area (TPSA) is 15.3 Å². The fourth-order valence-corrected chi connectivity index (χ4v) is 3.20. The van der Waals surface area contributed by atoms with Crippen molar-refractivity contribution >= 4 is 0 Å². The second-order valence-electron chi connectivity index (χ2n) is 6.47. The van der Waals surface area contributed by atoms with Gasteiger partial charge in [0.1, 0.15) is 0 Å². The summed E-state index contributed by atoms with van der Waals surface area (Å²) in [6, 6.07) is 0.749. The molecule has 0 radical (unpaired) electrons. The van der Waals surface area contributed by atoms with E-state index in [-0.39, 0.29) is 0 Å². The lowest BCUT2D eigenvalue weighted by Gasteiger charge is -2.40. The van der Waals surface area contributed by atoms with E-state index in [0.717, 1.165) is 18.5 Å². The van der Waals surface area contributed by atoms with Crippen molar-refractivity contribution in [2.45, 2.75) is 59.9 Å². The third-order valence-corrected chi connectivity index (χ3v) is 4.42. The molecule has 1 N–H and O–H groups in total. The standard InChI is InChI=1S/C15H32N2/c1-6-17(7-2)11-10-16-14-8-9-15(4,5)12-13(14)3/h13-14,16H,6-12H2,1-5H3. The minimum atomic E-state index is 0.566. The molecule has 1 saturated carbocycles. The highest BCUT2D eigenvalue weighted by molar-refractivity contribution is 4.86. The van der Waals surface area contributed by atoms with Crippen molar-refractivity contribution in [3.63, 3.8) is 0 Å². The molecular formula is C15H32N2. The van der Waals surface area contributed by atoms with Gasteiger partial charge in [-0.3, -0.25) is 0 Å². The lowest BCUT2D eigenvalue weighted by atomic mass is 9.70. The highest BCUT2D eigenvalue weighted by atomic mass is 15.1. The molecule has 1 aliphatic carbocycles. The van der Waals surface area contributed by atoms with Gasteiger partial charge in [0.25, 0.3) is 0 Å². The van der Waals surface area contributed by atoms with Crippen molar-refractivity contribution in [3.05, 3.63) is 0 Å². The van der Waals surface area contributed by atoms with Gasteiger partial charge in [0.2, 0.25) is 0 Å². The maximum atomic E-state index is 3.77. The smallest absolute Gasteiger partial charge is 0.0107 e. The van der Waals surface area contributed by atoms with Crippen LogP contribution < -0.4 is 5.32 Å². The molecule has 0 aromatic heterocycles. The van der Waals surface area contributed by atoms with E-state index in [1.807, 2.05) is 0 Å². The molecule has 0 aliphatic heterocycles. The van der Waals surface area contributed by atoms with Gasteiger partial charge >= 0.3 is 0 Å². The first-order valence-electron chi connectivity index (χ1n) is 7.44. The van der Waals surface area contributed by atoms with Crippen molar-refractivity contribution in [2.75, 3.05) is 26.2 Å². The van der Waals surface area contributed by atoms with Crippen molar-refractivity contribution in [1.29, 1.82) is 0 Å². The van der Waals surface area contributed by atoms with Crippen molar-refractivity contribution in [2.24, 2.45) is 11.3 Å². The van der Waals surface area contributed by atoms with Crippen molar-refractivity contribution in [3.8, 4) is 0 Å². The summed E-state index contributed by atoms with van der Waals surface area (Å²) < 4.78 is 0. The highest BCUT2D eigenvalue weighted by Gasteiger charge is 2.31. The predicted molar refractivity (Wildman–Crippen MR) is 76.4 cm³/mol. The monoisotopic (exact) mass is 240 g/mol. The minimum absolute atomic E-state index is 0.566. The largest absolute Gasteiger partial charge is 0.312 e. The van der Waals surface area contributed by atoms with E-state index in [1.165, 1.54) is 38.9 Å². The van der Waals surface area contributed by atoms with Crippen LogP contribution in [0.4, 0.5) is 0 Å². The molecule has 1 fully saturated rings. The zero-order chi connectivity index (χ0) is 12.9. The second-order valence-corrected chi connectivity index (χ2v) is 6.47. The summed E-state index contributed by atoms with van der Waals surface area (Å²) >= 11 is 0. The Morgan fingerprint density at radius 2 is 1.88 bits per heavy atom. The molecule has 0 saturated heterocycles.